The maximum absolute atomic E-state index is 10.4. The van der Waals surface area contributed by atoms with E-state index in [9.17, 15) is 4.79 Å². The first kappa shape index (κ1) is 13.3. The Balaban J connectivity index is 2.86. The van der Waals surface area contributed by atoms with Crippen LogP contribution in [-0.2, 0) is 16.1 Å². The molecule has 0 saturated heterocycles. The van der Waals surface area contributed by atoms with Gasteiger partial charge in [0.1, 0.15) is 18.1 Å². The van der Waals surface area contributed by atoms with Crippen LogP contribution in [-0.4, -0.2) is 31.9 Å². The van der Waals surface area contributed by atoms with Gasteiger partial charge < -0.3 is 19.3 Å². The number of hydrogen-bond acceptors (Lipinski definition) is 4. The molecule has 0 atom stereocenters. The van der Waals surface area contributed by atoms with E-state index < -0.39 is 5.97 Å². The molecular formula is C12H16O5. The second-order valence-corrected chi connectivity index (χ2v) is 3.51. The van der Waals surface area contributed by atoms with Crippen LogP contribution in [0.3, 0.4) is 0 Å². The van der Waals surface area contributed by atoms with Crippen LogP contribution in [0.5, 0.6) is 11.5 Å². The Morgan fingerprint density at radius 2 is 2.00 bits per heavy atom. The average molecular weight is 240 g/mol. The van der Waals surface area contributed by atoms with Crippen molar-refractivity contribution in [3.8, 4) is 11.5 Å². The van der Waals surface area contributed by atoms with E-state index in [2.05, 4.69) is 0 Å². The average Bonchev–Trinajstić information content (AvgIpc) is 2.30. The van der Waals surface area contributed by atoms with Gasteiger partial charge in [-0.1, -0.05) is 0 Å². The van der Waals surface area contributed by atoms with E-state index in [1.807, 2.05) is 13.0 Å². The Morgan fingerprint density at radius 3 is 2.53 bits per heavy atom. The summed E-state index contributed by atoms with van der Waals surface area (Å²) in [5.74, 6) is 0.337. The molecule has 0 heterocycles. The Labute approximate surface area is 99.9 Å². The second kappa shape index (κ2) is 6.10. The molecule has 0 aliphatic carbocycles. The summed E-state index contributed by atoms with van der Waals surface area (Å²) in [6, 6.07) is 3.59. The Bertz CT molecular complexity index is 400. The van der Waals surface area contributed by atoms with Gasteiger partial charge in [-0.15, -0.1) is 0 Å². The Hall–Kier alpha value is -1.75. The summed E-state index contributed by atoms with van der Waals surface area (Å²) >= 11 is 0. The van der Waals surface area contributed by atoms with Gasteiger partial charge in [0, 0.05) is 11.6 Å². The third-order valence-electron chi connectivity index (χ3n) is 2.33. The summed E-state index contributed by atoms with van der Waals surface area (Å²) in [7, 11) is 3.13. The van der Waals surface area contributed by atoms with E-state index >= 15 is 0 Å². The minimum absolute atomic E-state index is 0.200. The lowest BCUT2D eigenvalue weighted by atomic mass is 10.1. The molecule has 1 N–H and O–H groups in total. The standard InChI is InChI=1S/C12H16O5/c1-8-4-9(15-2)5-11(16-3)10(8)6-17-7-12(13)14/h4-5H,6-7H2,1-3H3,(H,13,14). The summed E-state index contributed by atoms with van der Waals surface area (Å²) in [6.45, 7) is 1.77. The fourth-order valence-corrected chi connectivity index (χ4v) is 1.48. The molecule has 0 bridgehead atoms. The summed E-state index contributed by atoms with van der Waals surface area (Å²) < 4.78 is 15.4. The molecule has 1 aromatic rings. The molecule has 0 radical (unpaired) electrons. The van der Waals surface area contributed by atoms with Gasteiger partial charge in [0.2, 0.25) is 0 Å². The first-order chi connectivity index (χ1) is 8.08. The van der Waals surface area contributed by atoms with Crippen molar-refractivity contribution in [1.29, 1.82) is 0 Å². The second-order valence-electron chi connectivity index (χ2n) is 3.51. The lowest BCUT2D eigenvalue weighted by Gasteiger charge is -2.13. The topological polar surface area (TPSA) is 65.0 Å². The summed E-state index contributed by atoms with van der Waals surface area (Å²) in [4.78, 5) is 10.4. The van der Waals surface area contributed by atoms with Crippen LogP contribution in [0.4, 0.5) is 0 Å². The van der Waals surface area contributed by atoms with Gasteiger partial charge in [-0.05, 0) is 18.6 Å². The van der Waals surface area contributed by atoms with Crippen molar-refractivity contribution in [1.82, 2.24) is 0 Å². The maximum atomic E-state index is 10.4. The van der Waals surface area contributed by atoms with E-state index in [1.54, 1.807) is 20.3 Å². The van der Waals surface area contributed by atoms with Crippen molar-refractivity contribution in [3.05, 3.63) is 23.3 Å². The van der Waals surface area contributed by atoms with Crippen LogP contribution < -0.4 is 9.47 Å². The van der Waals surface area contributed by atoms with Crippen molar-refractivity contribution in [2.45, 2.75) is 13.5 Å². The number of aliphatic carboxylic acids is 1. The van der Waals surface area contributed by atoms with E-state index in [0.717, 1.165) is 11.1 Å². The monoisotopic (exact) mass is 240 g/mol. The zero-order valence-corrected chi connectivity index (χ0v) is 10.1. The highest BCUT2D eigenvalue weighted by Gasteiger charge is 2.10. The lowest BCUT2D eigenvalue weighted by Crippen LogP contribution is -2.08. The Morgan fingerprint density at radius 1 is 1.29 bits per heavy atom. The number of benzene rings is 1. The van der Waals surface area contributed by atoms with Gasteiger partial charge in [-0.3, -0.25) is 0 Å². The molecule has 0 spiro atoms. The van der Waals surface area contributed by atoms with Gasteiger partial charge in [0.15, 0.2) is 0 Å². The van der Waals surface area contributed by atoms with Gasteiger partial charge in [0.05, 0.1) is 20.8 Å². The molecule has 0 aliphatic heterocycles. The number of hydrogen-bond donors (Lipinski definition) is 1. The highest BCUT2D eigenvalue weighted by atomic mass is 16.5. The molecular weight excluding hydrogens is 224 g/mol. The van der Waals surface area contributed by atoms with Crippen LogP contribution in [0.25, 0.3) is 0 Å². The smallest absolute Gasteiger partial charge is 0.329 e. The van der Waals surface area contributed by atoms with Crippen molar-refractivity contribution in [2.24, 2.45) is 0 Å². The van der Waals surface area contributed by atoms with E-state index in [-0.39, 0.29) is 13.2 Å². The van der Waals surface area contributed by atoms with Crippen molar-refractivity contribution in [2.75, 3.05) is 20.8 Å². The molecule has 0 saturated carbocycles. The Kier molecular flexibility index (Phi) is 4.78. The number of methoxy groups -OCH3 is 2. The summed E-state index contributed by atoms with van der Waals surface area (Å²) in [5.41, 5.74) is 1.76. The zero-order valence-electron chi connectivity index (χ0n) is 10.1. The molecule has 5 heteroatoms. The van der Waals surface area contributed by atoms with Gasteiger partial charge in [-0.2, -0.15) is 0 Å². The van der Waals surface area contributed by atoms with E-state index in [4.69, 9.17) is 19.3 Å². The molecule has 0 aromatic heterocycles. The highest BCUT2D eigenvalue weighted by molar-refractivity contribution is 5.68. The van der Waals surface area contributed by atoms with Gasteiger partial charge in [-0.25, -0.2) is 4.79 Å². The fourth-order valence-electron chi connectivity index (χ4n) is 1.48. The predicted molar refractivity (Wildman–Crippen MR) is 61.6 cm³/mol. The largest absolute Gasteiger partial charge is 0.497 e. The van der Waals surface area contributed by atoms with E-state index in [1.165, 1.54) is 0 Å². The first-order valence-electron chi connectivity index (χ1n) is 5.09. The number of carboxylic acids is 1. The van der Waals surface area contributed by atoms with Crippen molar-refractivity contribution in [3.63, 3.8) is 0 Å². The normalized spacial score (nSPS) is 10.1. The molecule has 0 fully saturated rings. The molecule has 17 heavy (non-hydrogen) atoms. The number of aryl methyl sites for hydroxylation is 1. The van der Waals surface area contributed by atoms with Gasteiger partial charge in [0.25, 0.3) is 0 Å². The molecule has 0 amide bonds. The summed E-state index contributed by atoms with van der Waals surface area (Å²) in [6.07, 6.45) is 0. The quantitative estimate of drug-likeness (QED) is 0.818. The van der Waals surface area contributed by atoms with Crippen LogP contribution in [0, 0.1) is 6.92 Å². The van der Waals surface area contributed by atoms with Crippen LogP contribution in [0.1, 0.15) is 11.1 Å². The predicted octanol–water partition coefficient (Wildman–Crippen LogP) is 1.61. The number of rotatable bonds is 6. The number of carbonyl (C=O) groups is 1. The minimum Gasteiger partial charge on any atom is -0.497 e. The molecule has 5 nitrogen and oxygen atoms in total. The van der Waals surface area contributed by atoms with Crippen molar-refractivity contribution < 1.29 is 24.1 Å². The lowest BCUT2D eigenvalue weighted by molar-refractivity contribution is -0.142. The fraction of sp³-hybridized carbons (Fsp3) is 0.417. The van der Waals surface area contributed by atoms with Crippen molar-refractivity contribution >= 4 is 5.97 Å². The van der Waals surface area contributed by atoms with E-state index in [0.29, 0.717) is 11.5 Å². The zero-order chi connectivity index (χ0) is 12.8. The van der Waals surface area contributed by atoms with Crippen LogP contribution in [0.2, 0.25) is 0 Å². The number of carboxylic acid groups (broad SMARTS) is 1. The SMILES string of the molecule is COc1cc(C)c(COCC(=O)O)c(OC)c1. The highest BCUT2D eigenvalue weighted by Crippen LogP contribution is 2.28. The third kappa shape index (κ3) is 3.64. The minimum atomic E-state index is -0.991. The van der Waals surface area contributed by atoms with Crippen LogP contribution in [0.15, 0.2) is 12.1 Å². The maximum Gasteiger partial charge on any atom is 0.329 e. The van der Waals surface area contributed by atoms with Crippen LogP contribution >= 0.6 is 0 Å². The third-order valence-corrected chi connectivity index (χ3v) is 2.33. The molecule has 1 aromatic carbocycles. The summed E-state index contributed by atoms with van der Waals surface area (Å²) in [5, 5.41) is 8.49. The molecule has 0 unspecified atom stereocenters. The first-order valence-corrected chi connectivity index (χ1v) is 5.09. The number of ether oxygens (including phenoxy) is 3. The molecule has 0 aliphatic rings. The van der Waals surface area contributed by atoms with Gasteiger partial charge >= 0.3 is 5.97 Å². The molecule has 1 rings (SSSR count). The molecule has 94 valence electrons.